The van der Waals surface area contributed by atoms with Gasteiger partial charge in [-0.3, -0.25) is 9.59 Å². The molecule has 0 spiro atoms. The van der Waals surface area contributed by atoms with E-state index in [1.165, 1.54) is 5.56 Å². The largest absolute Gasteiger partial charge is 0.383 e. The molecule has 2 atom stereocenters. The Labute approximate surface area is 174 Å². The molecule has 2 N–H and O–H groups in total. The van der Waals surface area contributed by atoms with Gasteiger partial charge in [0.1, 0.15) is 0 Å². The van der Waals surface area contributed by atoms with Crippen molar-refractivity contribution in [3.63, 3.8) is 0 Å². The van der Waals surface area contributed by atoms with Gasteiger partial charge in [-0.2, -0.15) is 0 Å². The lowest BCUT2D eigenvalue weighted by Gasteiger charge is -2.29. The van der Waals surface area contributed by atoms with E-state index in [4.69, 9.17) is 4.74 Å². The normalized spacial score (nSPS) is 16.2. The summed E-state index contributed by atoms with van der Waals surface area (Å²) in [5, 5.41) is 6.54. The summed E-state index contributed by atoms with van der Waals surface area (Å²) in [7, 11) is 0. The van der Waals surface area contributed by atoms with Gasteiger partial charge in [0.15, 0.2) is 0 Å². The third-order valence-corrected chi connectivity index (χ3v) is 5.32. The molecule has 1 aromatic rings. The van der Waals surface area contributed by atoms with Gasteiger partial charge in [0, 0.05) is 37.8 Å². The lowest BCUT2D eigenvalue weighted by atomic mass is 9.97. The number of carbonyl (C=O) groups excluding carboxylic acids is 2. The lowest BCUT2D eigenvalue weighted by Crippen LogP contribution is -2.47. The van der Waals surface area contributed by atoms with E-state index >= 15 is 0 Å². The molecule has 0 aliphatic carbocycles. The van der Waals surface area contributed by atoms with Crippen molar-refractivity contribution in [3.8, 4) is 0 Å². The number of morpholine rings is 1. The smallest absolute Gasteiger partial charge is 0.224 e. The van der Waals surface area contributed by atoms with E-state index in [1.54, 1.807) is 11.0 Å². The number of nitrogens with one attached hydrogen (secondary N) is 2. The van der Waals surface area contributed by atoms with E-state index in [0.717, 1.165) is 5.69 Å². The Morgan fingerprint density at radius 1 is 1.21 bits per heavy atom. The number of ether oxygens (including phenoxy) is 1. The average molecular weight is 402 g/mol. The topological polar surface area (TPSA) is 70.7 Å². The maximum Gasteiger partial charge on any atom is 0.224 e. The Kier molecular flexibility index (Phi) is 9.19. The molecule has 2 rings (SSSR count). The van der Waals surface area contributed by atoms with Crippen molar-refractivity contribution in [2.45, 2.75) is 39.7 Å². The SMILES string of the molecule is C=CC[C@H](CC(=O)N1CCOCC1)C(=O)N[C@H](CNc1ccc(C)cc1)C(C)C. The summed E-state index contributed by atoms with van der Waals surface area (Å²) >= 11 is 0. The molecule has 1 aliphatic rings. The van der Waals surface area contributed by atoms with Gasteiger partial charge in [-0.15, -0.1) is 6.58 Å². The van der Waals surface area contributed by atoms with Crippen LogP contribution in [0.25, 0.3) is 0 Å². The molecule has 6 heteroatoms. The molecule has 1 aliphatic heterocycles. The first-order valence-electron chi connectivity index (χ1n) is 10.5. The van der Waals surface area contributed by atoms with Crippen molar-refractivity contribution in [3.05, 3.63) is 42.5 Å². The van der Waals surface area contributed by atoms with E-state index in [0.29, 0.717) is 39.3 Å². The first kappa shape index (κ1) is 22.9. The summed E-state index contributed by atoms with van der Waals surface area (Å²) in [5.41, 5.74) is 2.24. The van der Waals surface area contributed by atoms with Gasteiger partial charge < -0.3 is 20.3 Å². The first-order chi connectivity index (χ1) is 13.9. The van der Waals surface area contributed by atoms with Gasteiger partial charge in [-0.25, -0.2) is 0 Å². The quantitative estimate of drug-likeness (QED) is 0.592. The Hall–Kier alpha value is -2.34. The zero-order valence-electron chi connectivity index (χ0n) is 17.9. The number of allylic oxidation sites excluding steroid dienone is 1. The summed E-state index contributed by atoms with van der Waals surface area (Å²) < 4.78 is 5.30. The second kappa shape index (κ2) is 11.6. The van der Waals surface area contributed by atoms with Crippen molar-refractivity contribution in [2.24, 2.45) is 11.8 Å². The zero-order chi connectivity index (χ0) is 21.2. The minimum absolute atomic E-state index is 0.00850. The molecule has 0 unspecified atom stereocenters. The van der Waals surface area contributed by atoms with Crippen LogP contribution in [0.4, 0.5) is 5.69 Å². The van der Waals surface area contributed by atoms with Gasteiger partial charge in [0.05, 0.1) is 19.1 Å². The predicted molar refractivity (Wildman–Crippen MR) is 117 cm³/mol. The number of amides is 2. The van der Waals surface area contributed by atoms with Crippen LogP contribution in [0, 0.1) is 18.8 Å². The molecule has 0 bridgehead atoms. The summed E-state index contributed by atoms with van der Waals surface area (Å²) in [5.74, 6) is -0.218. The van der Waals surface area contributed by atoms with Gasteiger partial charge in [0.2, 0.25) is 11.8 Å². The maximum absolute atomic E-state index is 12.9. The second-order valence-electron chi connectivity index (χ2n) is 8.02. The number of anilines is 1. The molecule has 2 amide bonds. The standard InChI is InChI=1S/C23H35N3O3/c1-5-6-19(15-22(27)26-11-13-29-14-12-26)23(28)25-21(17(2)3)16-24-20-9-7-18(4)8-10-20/h5,7-10,17,19,21,24H,1,6,11-16H2,2-4H3,(H,25,28)/t19-,21-/m1/s1. The van der Waals surface area contributed by atoms with Crippen molar-refractivity contribution in [2.75, 3.05) is 38.2 Å². The fourth-order valence-electron chi connectivity index (χ4n) is 3.29. The van der Waals surface area contributed by atoms with Crippen LogP contribution >= 0.6 is 0 Å². The number of carbonyl (C=O) groups is 2. The number of rotatable bonds is 10. The Balaban J connectivity index is 1.93. The highest BCUT2D eigenvalue weighted by Crippen LogP contribution is 2.15. The summed E-state index contributed by atoms with van der Waals surface area (Å²) in [6, 6.07) is 8.16. The summed E-state index contributed by atoms with van der Waals surface area (Å²) in [6.07, 6.45) is 2.40. The number of aryl methyl sites for hydroxylation is 1. The Morgan fingerprint density at radius 2 is 1.86 bits per heavy atom. The zero-order valence-corrected chi connectivity index (χ0v) is 17.9. The molecular formula is C23H35N3O3. The van der Waals surface area contributed by atoms with E-state index < -0.39 is 5.92 Å². The maximum atomic E-state index is 12.9. The minimum Gasteiger partial charge on any atom is -0.383 e. The number of benzene rings is 1. The van der Waals surface area contributed by atoms with Crippen LogP contribution in [-0.2, 0) is 14.3 Å². The fourth-order valence-corrected chi connectivity index (χ4v) is 3.29. The van der Waals surface area contributed by atoms with Gasteiger partial charge in [-0.05, 0) is 31.4 Å². The average Bonchev–Trinajstić information content (AvgIpc) is 2.72. The van der Waals surface area contributed by atoms with Crippen LogP contribution in [0.15, 0.2) is 36.9 Å². The molecule has 1 heterocycles. The van der Waals surface area contributed by atoms with Crippen LogP contribution in [0.2, 0.25) is 0 Å². The molecule has 160 valence electrons. The first-order valence-corrected chi connectivity index (χ1v) is 10.5. The number of nitrogens with zero attached hydrogens (tertiary/aromatic N) is 1. The van der Waals surface area contributed by atoms with Crippen LogP contribution < -0.4 is 10.6 Å². The third kappa shape index (κ3) is 7.54. The molecule has 0 radical (unpaired) electrons. The van der Waals surface area contributed by atoms with Crippen LogP contribution in [0.1, 0.15) is 32.3 Å². The van der Waals surface area contributed by atoms with E-state index in [9.17, 15) is 9.59 Å². The Morgan fingerprint density at radius 3 is 2.45 bits per heavy atom. The highest BCUT2D eigenvalue weighted by atomic mass is 16.5. The lowest BCUT2D eigenvalue weighted by molar-refractivity contribution is -0.139. The van der Waals surface area contributed by atoms with Gasteiger partial charge in [-0.1, -0.05) is 37.6 Å². The third-order valence-electron chi connectivity index (χ3n) is 5.32. The van der Waals surface area contributed by atoms with Crippen molar-refractivity contribution in [1.29, 1.82) is 0 Å². The van der Waals surface area contributed by atoms with Gasteiger partial charge >= 0.3 is 0 Å². The number of hydrogen-bond acceptors (Lipinski definition) is 4. The molecule has 6 nitrogen and oxygen atoms in total. The highest BCUT2D eigenvalue weighted by Gasteiger charge is 2.27. The fraction of sp³-hybridized carbons (Fsp3) is 0.565. The Bertz CT molecular complexity index is 666. The van der Waals surface area contributed by atoms with Crippen molar-refractivity contribution in [1.82, 2.24) is 10.2 Å². The molecule has 0 saturated carbocycles. The van der Waals surface area contributed by atoms with Crippen molar-refractivity contribution >= 4 is 17.5 Å². The van der Waals surface area contributed by atoms with Gasteiger partial charge in [0.25, 0.3) is 0 Å². The molecular weight excluding hydrogens is 366 g/mol. The van der Waals surface area contributed by atoms with Crippen LogP contribution in [-0.4, -0.2) is 55.6 Å². The molecule has 29 heavy (non-hydrogen) atoms. The van der Waals surface area contributed by atoms with E-state index in [2.05, 4.69) is 50.1 Å². The second-order valence-corrected chi connectivity index (χ2v) is 8.02. The van der Waals surface area contributed by atoms with Crippen LogP contribution in [0.5, 0.6) is 0 Å². The van der Waals surface area contributed by atoms with E-state index in [1.807, 2.05) is 12.1 Å². The summed E-state index contributed by atoms with van der Waals surface area (Å²) in [4.78, 5) is 27.3. The molecule has 1 aromatic carbocycles. The molecule has 1 saturated heterocycles. The van der Waals surface area contributed by atoms with E-state index in [-0.39, 0.29) is 30.2 Å². The number of hydrogen-bond donors (Lipinski definition) is 2. The van der Waals surface area contributed by atoms with Crippen LogP contribution in [0.3, 0.4) is 0 Å². The monoisotopic (exact) mass is 401 g/mol. The highest BCUT2D eigenvalue weighted by molar-refractivity contribution is 5.86. The predicted octanol–water partition coefficient (Wildman–Crippen LogP) is 2.99. The molecule has 1 fully saturated rings. The minimum atomic E-state index is -0.400. The summed E-state index contributed by atoms with van der Waals surface area (Å²) in [6.45, 7) is 12.9. The molecule has 0 aromatic heterocycles. The van der Waals surface area contributed by atoms with Crippen molar-refractivity contribution < 1.29 is 14.3 Å².